The average Bonchev–Trinajstić information content (AvgIpc) is 2.27. The zero-order valence-corrected chi connectivity index (χ0v) is 12.9. The first-order chi connectivity index (χ1) is 8.86. The summed E-state index contributed by atoms with van der Waals surface area (Å²) in [6.07, 6.45) is 4.11. The van der Waals surface area contributed by atoms with Gasteiger partial charge in [0.05, 0.1) is 0 Å². The third kappa shape index (κ3) is 3.82. The fourth-order valence-corrected chi connectivity index (χ4v) is 2.29. The first kappa shape index (κ1) is 15.2. The zero-order valence-electron chi connectivity index (χ0n) is 12.9. The van der Waals surface area contributed by atoms with Crippen LogP contribution in [0.15, 0.2) is 36.1 Å². The molecule has 1 rings (SSSR count). The highest BCUT2D eigenvalue weighted by atomic mass is 14.8. The predicted molar refractivity (Wildman–Crippen MR) is 84.1 cm³/mol. The molecule has 0 aromatic carbocycles. The minimum absolute atomic E-state index is 1.02. The number of aryl methyl sites for hydroxylation is 3. The molecule has 19 heavy (non-hydrogen) atoms. The van der Waals surface area contributed by atoms with E-state index in [1.807, 2.05) is 27.1 Å². The smallest absolute Gasteiger partial charge is 0.0456 e. The van der Waals surface area contributed by atoms with Gasteiger partial charge in [-0.15, -0.1) is 0 Å². The van der Waals surface area contributed by atoms with Crippen LogP contribution in [0.25, 0.3) is 5.57 Å². The number of nitrogens with zero attached hydrogens (tertiary/aromatic N) is 1. The summed E-state index contributed by atoms with van der Waals surface area (Å²) in [5.74, 6) is 0. The van der Waals surface area contributed by atoms with Crippen molar-refractivity contribution < 1.29 is 0 Å². The van der Waals surface area contributed by atoms with E-state index in [1.54, 1.807) is 0 Å². The molecule has 0 radical (unpaired) electrons. The Labute approximate surface area is 117 Å². The van der Waals surface area contributed by atoms with Crippen LogP contribution in [-0.4, -0.2) is 12.0 Å². The van der Waals surface area contributed by atoms with Crippen molar-refractivity contribution in [3.8, 4) is 0 Å². The molecule has 1 aromatic rings. The molecule has 0 aliphatic rings. The van der Waals surface area contributed by atoms with Crippen LogP contribution in [0.4, 0.5) is 0 Å². The van der Waals surface area contributed by atoms with Gasteiger partial charge in [-0.3, -0.25) is 4.98 Å². The predicted octanol–water partition coefficient (Wildman–Crippen LogP) is 4.09. The number of allylic oxidation sites excluding steroid dienone is 4. The van der Waals surface area contributed by atoms with Crippen LogP contribution in [0.5, 0.6) is 0 Å². The number of pyridine rings is 1. The number of aromatic nitrogens is 1. The molecule has 0 aliphatic carbocycles. The van der Waals surface area contributed by atoms with E-state index in [4.69, 9.17) is 0 Å². The van der Waals surface area contributed by atoms with Crippen molar-refractivity contribution in [3.63, 3.8) is 0 Å². The quantitative estimate of drug-likeness (QED) is 0.821. The maximum atomic E-state index is 4.53. The molecule has 0 aliphatic heterocycles. The van der Waals surface area contributed by atoms with Gasteiger partial charge in [-0.1, -0.05) is 12.7 Å². The summed E-state index contributed by atoms with van der Waals surface area (Å²) < 4.78 is 0. The lowest BCUT2D eigenvalue weighted by Crippen LogP contribution is -1.98. The first-order valence-corrected chi connectivity index (χ1v) is 6.53. The van der Waals surface area contributed by atoms with E-state index in [2.05, 4.69) is 49.8 Å². The fourth-order valence-electron chi connectivity index (χ4n) is 2.29. The third-order valence-electron chi connectivity index (χ3n) is 3.22. The molecule has 102 valence electrons. The molecule has 0 fully saturated rings. The van der Waals surface area contributed by atoms with Gasteiger partial charge in [-0.25, -0.2) is 0 Å². The second-order valence-electron chi connectivity index (χ2n) is 5.01. The van der Waals surface area contributed by atoms with E-state index in [1.165, 1.54) is 16.7 Å². The second-order valence-corrected chi connectivity index (χ2v) is 5.01. The van der Waals surface area contributed by atoms with Crippen molar-refractivity contribution in [1.29, 1.82) is 0 Å². The molecule has 0 saturated carbocycles. The summed E-state index contributed by atoms with van der Waals surface area (Å²) in [4.78, 5) is 4.53. The standard InChI is InChI=1S/C17H24N2/c1-11(14(4)10-18-7)8-12(2)17-13(3)9-15(5)19-16(17)6/h8-10,18H,2H2,1,3-7H3/b11-8-,14-10-. The van der Waals surface area contributed by atoms with E-state index in [0.29, 0.717) is 0 Å². The molecule has 1 aromatic heterocycles. The van der Waals surface area contributed by atoms with Crippen LogP contribution >= 0.6 is 0 Å². The van der Waals surface area contributed by atoms with Gasteiger partial charge >= 0.3 is 0 Å². The van der Waals surface area contributed by atoms with Gasteiger partial charge in [-0.2, -0.15) is 0 Å². The largest absolute Gasteiger partial charge is 0.394 e. The van der Waals surface area contributed by atoms with Crippen molar-refractivity contribution in [1.82, 2.24) is 10.3 Å². The molecule has 1 heterocycles. The zero-order chi connectivity index (χ0) is 14.6. The molecule has 0 unspecified atom stereocenters. The number of hydrogen-bond donors (Lipinski definition) is 1. The minimum Gasteiger partial charge on any atom is -0.394 e. The van der Waals surface area contributed by atoms with Crippen LogP contribution in [0, 0.1) is 20.8 Å². The van der Waals surface area contributed by atoms with Gasteiger partial charge in [-0.05, 0) is 69.2 Å². The lowest BCUT2D eigenvalue weighted by atomic mass is 9.97. The molecule has 2 heteroatoms. The number of hydrogen-bond acceptors (Lipinski definition) is 2. The van der Waals surface area contributed by atoms with Gasteiger partial charge in [0.25, 0.3) is 0 Å². The van der Waals surface area contributed by atoms with Gasteiger partial charge in [0.2, 0.25) is 0 Å². The van der Waals surface area contributed by atoms with Crippen LogP contribution in [-0.2, 0) is 0 Å². The maximum absolute atomic E-state index is 4.53. The maximum Gasteiger partial charge on any atom is 0.0456 e. The fraction of sp³-hybridized carbons (Fsp3) is 0.353. The number of nitrogens with one attached hydrogen (secondary N) is 1. The van der Waals surface area contributed by atoms with E-state index in [0.717, 1.165) is 22.5 Å². The number of rotatable bonds is 4. The third-order valence-corrected chi connectivity index (χ3v) is 3.22. The molecule has 0 spiro atoms. The minimum atomic E-state index is 1.02. The molecule has 0 saturated heterocycles. The Morgan fingerprint density at radius 1 is 1.21 bits per heavy atom. The Kier molecular flexibility index (Phi) is 5.11. The normalized spacial score (nSPS) is 12.5. The Bertz CT molecular complexity index is 525. The van der Waals surface area contributed by atoms with Crippen molar-refractivity contribution in [2.75, 3.05) is 7.05 Å². The second kappa shape index (κ2) is 6.37. The van der Waals surface area contributed by atoms with Crippen LogP contribution in [0.2, 0.25) is 0 Å². The van der Waals surface area contributed by atoms with Crippen LogP contribution in [0.3, 0.4) is 0 Å². The highest BCUT2D eigenvalue weighted by Crippen LogP contribution is 2.24. The van der Waals surface area contributed by atoms with Crippen LogP contribution < -0.4 is 5.32 Å². The summed E-state index contributed by atoms with van der Waals surface area (Å²) in [7, 11) is 1.91. The summed E-state index contributed by atoms with van der Waals surface area (Å²) in [5, 5.41) is 3.05. The van der Waals surface area contributed by atoms with Crippen molar-refractivity contribution >= 4 is 5.57 Å². The molecule has 1 N–H and O–H groups in total. The SMILES string of the molecule is C=C(/C=C(C)\C(C)=C/NC)c1c(C)cc(C)nc1C. The molecule has 0 atom stereocenters. The Balaban J connectivity index is 3.16. The van der Waals surface area contributed by atoms with Crippen molar-refractivity contribution in [2.45, 2.75) is 34.6 Å². The van der Waals surface area contributed by atoms with Gasteiger partial charge in [0.1, 0.15) is 0 Å². The average molecular weight is 256 g/mol. The lowest BCUT2D eigenvalue weighted by molar-refractivity contribution is 1.07. The molecule has 0 bridgehead atoms. The molecule has 0 amide bonds. The van der Waals surface area contributed by atoms with Gasteiger partial charge in [0, 0.05) is 24.0 Å². The molecular weight excluding hydrogens is 232 g/mol. The van der Waals surface area contributed by atoms with Crippen LogP contribution in [0.1, 0.15) is 36.4 Å². The van der Waals surface area contributed by atoms with E-state index >= 15 is 0 Å². The lowest BCUT2D eigenvalue weighted by Gasteiger charge is -2.12. The highest BCUT2D eigenvalue weighted by molar-refractivity contribution is 5.76. The molecular formula is C17H24N2. The Morgan fingerprint density at radius 3 is 2.37 bits per heavy atom. The summed E-state index contributed by atoms with van der Waals surface area (Å²) in [6.45, 7) is 14.6. The van der Waals surface area contributed by atoms with Crippen molar-refractivity contribution in [3.05, 3.63) is 58.6 Å². The first-order valence-electron chi connectivity index (χ1n) is 6.53. The van der Waals surface area contributed by atoms with E-state index in [-0.39, 0.29) is 0 Å². The topological polar surface area (TPSA) is 24.9 Å². The monoisotopic (exact) mass is 256 g/mol. The highest BCUT2D eigenvalue weighted by Gasteiger charge is 2.07. The van der Waals surface area contributed by atoms with Crippen molar-refractivity contribution in [2.24, 2.45) is 0 Å². The summed E-state index contributed by atoms with van der Waals surface area (Å²) >= 11 is 0. The summed E-state index contributed by atoms with van der Waals surface area (Å²) in [6, 6.07) is 2.10. The van der Waals surface area contributed by atoms with Gasteiger partial charge < -0.3 is 5.32 Å². The van der Waals surface area contributed by atoms with Gasteiger partial charge in [0.15, 0.2) is 0 Å². The van der Waals surface area contributed by atoms with E-state index in [9.17, 15) is 0 Å². The Hall–Kier alpha value is -1.83. The van der Waals surface area contributed by atoms with E-state index < -0.39 is 0 Å². The Morgan fingerprint density at radius 2 is 1.84 bits per heavy atom. The summed E-state index contributed by atoms with van der Waals surface area (Å²) in [5.41, 5.74) is 7.92. The molecule has 2 nitrogen and oxygen atoms in total.